The molecule has 2 aliphatic heterocycles. The van der Waals surface area contributed by atoms with Gasteiger partial charge in [0.15, 0.2) is 0 Å². The molecule has 1 aromatic carbocycles. The van der Waals surface area contributed by atoms with Crippen molar-refractivity contribution in [1.82, 2.24) is 24.0 Å². The van der Waals surface area contributed by atoms with Crippen LogP contribution < -0.4 is 0 Å². The van der Waals surface area contributed by atoms with Gasteiger partial charge in [0, 0.05) is 45.2 Å². The molecule has 0 bridgehead atoms. The second kappa shape index (κ2) is 7.84. The summed E-state index contributed by atoms with van der Waals surface area (Å²) in [6.07, 6.45) is 4.40. The van der Waals surface area contributed by atoms with Crippen molar-refractivity contribution in [2.24, 2.45) is 0 Å². The maximum atomic E-state index is 13.4. The molecule has 4 rings (SSSR count). The molecular weight excluding hydrogens is 388 g/mol. The Morgan fingerprint density at radius 2 is 1.61 bits per heavy atom. The van der Waals surface area contributed by atoms with Gasteiger partial charge in [0.05, 0.1) is 11.4 Å². The number of rotatable bonds is 4. The molecule has 0 radical (unpaired) electrons. The van der Waals surface area contributed by atoms with Crippen LogP contribution in [0.4, 0.5) is 8.78 Å². The number of fused-ring (bicyclic) bond motifs is 1. The van der Waals surface area contributed by atoms with Crippen LogP contribution >= 0.6 is 0 Å². The van der Waals surface area contributed by atoms with E-state index >= 15 is 0 Å². The smallest absolute Gasteiger partial charge is 0.243 e. The molecule has 0 amide bonds. The highest BCUT2D eigenvalue weighted by Crippen LogP contribution is 2.21. The number of aromatic nitrogens is 3. The van der Waals surface area contributed by atoms with Crippen LogP contribution in [0.25, 0.3) is 0 Å². The molecule has 0 atom stereocenters. The first-order valence-electron chi connectivity index (χ1n) is 9.53. The number of aryl methyl sites for hydroxylation is 1. The second-order valence-corrected chi connectivity index (χ2v) is 9.22. The molecule has 28 heavy (non-hydrogen) atoms. The summed E-state index contributed by atoms with van der Waals surface area (Å²) < 4.78 is 55.7. The highest BCUT2D eigenvalue weighted by Gasteiger charge is 2.30. The first-order chi connectivity index (χ1) is 13.4. The lowest BCUT2D eigenvalue weighted by molar-refractivity contribution is 0.176. The molecule has 152 valence electrons. The summed E-state index contributed by atoms with van der Waals surface area (Å²) in [5.41, 5.74) is 0. The van der Waals surface area contributed by atoms with E-state index in [2.05, 4.69) is 19.7 Å². The molecule has 10 heteroatoms. The Morgan fingerprint density at radius 3 is 2.32 bits per heavy atom. The lowest BCUT2D eigenvalue weighted by Gasteiger charge is -2.33. The van der Waals surface area contributed by atoms with E-state index < -0.39 is 21.7 Å². The predicted octanol–water partition coefficient (Wildman–Crippen LogP) is 1.79. The Hall–Kier alpha value is -1.91. The largest absolute Gasteiger partial charge is 0.314 e. The zero-order chi connectivity index (χ0) is 19.7. The van der Waals surface area contributed by atoms with Gasteiger partial charge < -0.3 is 4.57 Å². The molecule has 2 aliphatic rings. The van der Waals surface area contributed by atoms with E-state index in [1.807, 2.05) is 0 Å². The zero-order valence-corrected chi connectivity index (χ0v) is 16.3. The van der Waals surface area contributed by atoms with Crippen LogP contribution in [0.15, 0.2) is 23.1 Å². The fourth-order valence-electron chi connectivity index (χ4n) is 3.82. The first kappa shape index (κ1) is 19.4. The van der Waals surface area contributed by atoms with E-state index in [4.69, 9.17) is 0 Å². The standard InChI is InChI=1S/C18H23F2N5O2S/c19-14-10-15(20)12-16(11-14)28(26,27)24-8-6-23(7-9-24)13-18-22-21-17-4-2-1-3-5-25(17)18/h10-12H,1-9,13H2. The summed E-state index contributed by atoms with van der Waals surface area (Å²) in [7, 11) is -3.92. The van der Waals surface area contributed by atoms with Gasteiger partial charge in [0.1, 0.15) is 23.3 Å². The summed E-state index contributed by atoms with van der Waals surface area (Å²) in [6, 6.07) is 2.38. The van der Waals surface area contributed by atoms with Crippen molar-refractivity contribution in [2.75, 3.05) is 26.2 Å². The van der Waals surface area contributed by atoms with Crippen molar-refractivity contribution in [2.45, 2.75) is 43.7 Å². The van der Waals surface area contributed by atoms with Gasteiger partial charge in [-0.2, -0.15) is 4.31 Å². The van der Waals surface area contributed by atoms with E-state index in [0.29, 0.717) is 25.7 Å². The van der Waals surface area contributed by atoms with Crippen LogP contribution in [0.1, 0.15) is 30.9 Å². The number of benzene rings is 1. The average molecular weight is 411 g/mol. The number of hydrogen-bond acceptors (Lipinski definition) is 5. The minimum atomic E-state index is -3.92. The minimum absolute atomic E-state index is 0.265. The summed E-state index contributed by atoms with van der Waals surface area (Å²) in [4.78, 5) is 1.79. The Labute approximate surface area is 163 Å². The molecule has 1 aromatic heterocycles. The molecular formula is C18H23F2N5O2S. The van der Waals surface area contributed by atoms with Crippen LogP contribution in [-0.4, -0.2) is 58.6 Å². The van der Waals surface area contributed by atoms with Crippen molar-refractivity contribution in [3.63, 3.8) is 0 Å². The molecule has 3 heterocycles. The molecule has 1 saturated heterocycles. The van der Waals surface area contributed by atoms with Gasteiger partial charge >= 0.3 is 0 Å². The van der Waals surface area contributed by atoms with E-state index in [0.717, 1.165) is 49.6 Å². The molecule has 2 aromatic rings. The Morgan fingerprint density at radius 1 is 0.893 bits per heavy atom. The number of nitrogens with zero attached hydrogens (tertiary/aromatic N) is 5. The van der Waals surface area contributed by atoms with Crippen LogP contribution in [-0.2, 0) is 29.5 Å². The van der Waals surface area contributed by atoms with Gasteiger partial charge in [0.2, 0.25) is 10.0 Å². The Kier molecular flexibility index (Phi) is 5.44. The van der Waals surface area contributed by atoms with E-state index in [9.17, 15) is 17.2 Å². The maximum absolute atomic E-state index is 13.4. The average Bonchev–Trinajstić information content (AvgIpc) is 2.88. The lowest BCUT2D eigenvalue weighted by Crippen LogP contribution is -2.48. The maximum Gasteiger partial charge on any atom is 0.243 e. The topological polar surface area (TPSA) is 71.3 Å². The van der Waals surface area contributed by atoms with Gasteiger partial charge in [-0.3, -0.25) is 4.90 Å². The Balaban J connectivity index is 1.41. The summed E-state index contributed by atoms with van der Waals surface area (Å²) >= 11 is 0. The van der Waals surface area contributed by atoms with Crippen LogP contribution in [0.2, 0.25) is 0 Å². The van der Waals surface area contributed by atoms with Gasteiger partial charge in [-0.15, -0.1) is 10.2 Å². The fraction of sp³-hybridized carbons (Fsp3) is 0.556. The number of hydrogen-bond donors (Lipinski definition) is 0. The molecule has 1 fully saturated rings. The van der Waals surface area contributed by atoms with E-state index in [1.54, 1.807) is 0 Å². The highest BCUT2D eigenvalue weighted by atomic mass is 32.2. The highest BCUT2D eigenvalue weighted by molar-refractivity contribution is 7.89. The van der Waals surface area contributed by atoms with Gasteiger partial charge in [-0.1, -0.05) is 6.42 Å². The third-order valence-corrected chi connectivity index (χ3v) is 7.23. The Bertz CT molecular complexity index is 935. The number of piperazine rings is 1. The summed E-state index contributed by atoms with van der Waals surface area (Å²) in [6.45, 7) is 3.13. The van der Waals surface area contributed by atoms with E-state index in [-0.39, 0.29) is 18.0 Å². The van der Waals surface area contributed by atoms with E-state index in [1.165, 1.54) is 10.7 Å². The summed E-state index contributed by atoms with van der Waals surface area (Å²) in [5.74, 6) is 0.150. The monoisotopic (exact) mass is 411 g/mol. The molecule has 0 spiro atoms. The van der Waals surface area contributed by atoms with Gasteiger partial charge in [-0.05, 0) is 25.0 Å². The van der Waals surface area contributed by atoms with Crippen molar-refractivity contribution in [3.8, 4) is 0 Å². The molecule has 0 aliphatic carbocycles. The van der Waals surface area contributed by atoms with Crippen LogP contribution in [0, 0.1) is 11.6 Å². The molecule has 0 unspecified atom stereocenters. The van der Waals surface area contributed by atoms with Crippen molar-refractivity contribution in [1.29, 1.82) is 0 Å². The quantitative estimate of drug-likeness (QED) is 0.767. The second-order valence-electron chi connectivity index (χ2n) is 7.28. The van der Waals surface area contributed by atoms with Crippen molar-refractivity contribution < 1.29 is 17.2 Å². The van der Waals surface area contributed by atoms with Gasteiger partial charge in [0.25, 0.3) is 0 Å². The lowest BCUT2D eigenvalue weighted by atomic mass is 10.2. The third kappa shape index (κ3) is 3.94. The van der Waals surface area contributed by atoms with Gasteiger partial charge in [-0.25, -0.2) is 17.2 Å². The molecule has 7 nitrogen and oxygen atoms in total. The SMILES string of the molecule is O=S(=O)(c1cc(F)cc(F)c1)N1CCN(Cc2nnc3n2CCCCC3)CC1. The van der Waals surface area contributed by atoms with Crippen LogP contribution in [0.3, 0.4) is 0 Å². The summed E-state index contributed by atoms with van der Waals surface area (Å²) in [5, 5.41) is 8.63. The molecule has 0 saturated carbocycles. The van der Waals surface area contributed by atoms with Crippen LogP contribution in [0.5, 0.6) is 0 Å². The number of halogens is 2. The minimum Gasteiger partial charge on any atom is -0.314 e. The predicted molar refractivity (Wildman–Crippen MR) is 98.0 cm³/mol. The first-order valence-corrected chi connectivity index (χ1v) is 11.0. The zero-order valence-electron chi connectivity index (χ0n) is 15.5. The molecule has 0 N–H and O–H groups in total. The van der Waals surface area contributed by atoms with Crippen molar-refractivity contribution >= 4 is 10.0 Å². The normalized spacial score (nSPS) is 19.4. The number of sulfonamides is 1. The van der Waals surface area contributed by atoms with Crippen molar-refractivity contribution in [3.05, 3.63) is 41.5 Å². The fourth-order valence-corrected chi connectivity index (χ4v) is 5.28. The third-order valence-electron chi connectivity index (χ3n) is 5.36.